The van der Waals surface area contributed by atoms with E-state index >= 15 is 4.39 Å². The van der Waals surface area contributed by atoms with Gasteiger partial charge in [-0.2, -0.15) is 0 Å². The van der Waals surface area contributed by atoms with Crippen LogP contribution in [0.5, 0.6) is 5.75 Å². The highest BCUT2D eigenvalue weighted by Crippen LogP contribution is 2.33. The van der Waals surface area contributed by atoms with E-state index in [4.69, 9.17) is 4.74 Å². The molecule has 0 aliphatic rings. The molecule has 3 aromatic carbocycles. The van der Waals surface area contributed by atoms with E-state index in [1.54, 1.807) is 24.3 Å². The smallest absolute Gasteiger partial charge is 0.258 e. The van der Waals surface area contributed by atoms with Crippen molar-refractivity contribution >= 4 is 71.2 Å². The molecule has 1 aromatic heterocycles. The number of halogens is 3. The van der Waals surface area contributed by atoms with Crippen molar-refractivity contribution in [2.24, 2.45) is 0 Å². The number of ether oxygens (including phenoxy) is 1. The third kappa shape index (κ3) is 8.20. The standard InChI is InChI=1S/C30H33Br2FN4O3/c1-2-3-4-29(38)34-13-14-35-30(39)19-40-24-9-7-23(8-10-24)36-17-22(33)18-37-27-11-5-20(31)15-25(27)26-16-21(32)6-12-28(26)37/h5-12,15-16,22,36H,2-4,13-14,17-19H2,1H3,(H,34,38)(H,35,39). The van der Waals surface area contributed by atoms with Crippen molar-refractivity contribution in [2.75, 3.05) is 31.6 Å². The maximum atomic E-state index is 15.2. The zero-order chi connectivity index (χ0) is 28.5. The van der Waals surface area contributed by atoms with Crippen LogP contribution in [0.25, 0.3) is 21.8 Å². The van der Waals surface area contributed by atoms with Crippen LogP contribution >= 0.6 is 31.9 Å². The summed E-state index contributed by atoms with van der Waals surface area (Å²) >= 11 is 7.09. The maximum absolute atomic E-state index is 15.2. The minimum Gasteiger partial charge on any atom is -0.484 e. The summed E-state index contributed by atoms with van der Waals surface area (Å²) in [6, 6.07) is 19.2. The van der Waals surface area contributed by atoms with Gasteiger partial charge in [-0.05, 0) is 67.1 Å². The summed E-state index contributed by atoms with van der Waals surface area (Å²) < 4.78 is 24.7. The van der Waals surface area contributed by atoms with Gasteiger partial charge in [0.1, 0.15) is 11.9 Å². The van der Waals surface area contributed by atoms with Crippen LogP contribution in [0.15, 0.2) is 69.6 Å². The number of unbranched alkanes of at least 4 members (excludes halogenated alkanes) is 1. The topological polar surface area (TPSA) is 84.4 Å². The average molecular weight is 676 g/mol. The van der Waals surface area contributed by atoms with Gasteiger partial charge in [0.25, 0.3) is 5.91 Å². The van der Waals surface area contributed by atoms with Gasteiger partial charge in [0.15, 0.2) is 6.61 Å². The number of hydrogen-bond donors (Lipinski definition) is 3. The van der Waals surface area contributed by atoms with Crippen LogP contribution in [0.2, 0.25) is 0 Å². The van der Waals surface area contributed by atoms with Gasteiger partial charge >= 0.3 is 0 Å². The molecule has 212 valence electrons. The summed E-state index contributed by atoms with van der Waals surface area (Å²) in [5, 5.41) is 10.8. The lowest BCUT2D eigenvalue weighted by atomic mass is 10.2. The van der Waals surface area contributed by atoms with E-state index in [0.717, 1.165) is 49.3 Å². The van der Waals surface area contributed by atoms with E-state index in [0.29, 0.717) is 25.3 Å². The van der Waals surface area contributed by atoms with E-state index in [-0.39, 0.29) is 31.5 Å². The lowest BCUT2D eigenvalue weighted by molar-refractivity contribution is -0.124. The molecule has 0 aliphatic heterocycles. The molecule has 0 saturated carbocycles. The van der Waals surface area contributed by atoms with Crippen LogP contribution in [0.1, 0.15) is 26.2 Å². The van der Waals surface area contributed by atoms with Gasteiger partial charge in [-0.15, -0.1) is 0 Å². The fourth-order valence-electron chi connectivity index (χ4n) is 4.43. The zero-order valence-corrected chi connectivity index (χ0v) is 25.5. The first-order valence-corrected chi connectivity index (χ1v) is 14.9. The molecule has 4 rings (SSSR count). The number of anilines is 1. The van der Waals surface area contributed by atoms with Crippen molar-refractivity contribution in [2.45, 2.75) is 38.9 Å². The molecule has 0 bridgehead atoms. The van der Waals surface area contributed by atoms with Gasteiger partial charge in [-0.3, -0.25) is 9.59 Å². The molecule has 7 nitrogen and oxygen atoms in total. The van der Waals surface area contributed by atoms with E-state index in [1.165, 1.54) is 0 Å². The number of rotatable bonds is 14. The first-order valence-electron chi connectivity index (χ1n) is 13.3. The number of aromatic nitrogens is 1. The number of nitrogens with zero attached hydrogens (tertiary/aromatic N) is 1. The Morgan fingerprint density at radius 1 is 0.900 bits per heavy atom. The number of alkyl halides is 1. The molecule has 4 aromatic rings. The maximum Gasteiger partial charge on any atom is 0.258 e. The van der Waals surface area contributed by atoms with Crippen molar-refractivity contribution in [3.63, 3.8) is 0 Å². The molecule has 3 N–H and O–H groups in total. The summed E-state index contributed by atoms with van der Waals surface area (Å²) in [5.74, 6) is 0.261. The lowest BCUT2D eigenvalue weighted by Crippen LogP contribution is -2.36. The lowest BCUT2D eigenvalue weighted by Gasteiger charge is -2.14. The first kappa shape index (κ1) is 29.9. The van der Waals surface area contributed by atoms with Crippen molar-refractivity contribution in [1.29, 1.82) is 0 Å². The van der Waals surface area contributed by atoms with Crippen molar-refractivity contribution in [1.82, 2.24) is 15.2 Å². The Balaban J connectivity index is 1.23. The number of amides is 2. The van der Waals surface area contributed by atoms with Crippen LogP contribution in [0, 0.1) is 0 Å². The fraction of sp³-hybridized carbons (Fsp3) is 0.333. The van der Waals surface area contributed by atoms with Gasteiger partial charge in [-0.1, -0.05) is 45.2 Å². The predicted octanol–water partition coefficient (Wildman–Crippen LogP) is 6.57. The molecule has 0 spiro atoms. The highest BCUT2D eigenvalue weighted by atomic mass is 79.9. The number of benzene rings is 3. The molecule has 1 atom stereocenters. The van der Waals surface area contributed by atoms with Crippen LogP contribution in [0.3, 0.4) is 0 Å². The average Bonchev–Trinajstić information content (AvgIpc) is 3.23. The highest BCUT2D eigenvalue weighted by molar-refractivity contribution is 9.10. The molecular weight excluding hydrogens is 643 g/mol. The molecule has 0 radical (unpaired) electrons. The molecule has 0 aliphatic carbocycles. The second-order valence-corrected chi connectivity index (χ2v) is 11.4. The van der Waals surface area contributed by atoms with E-state index in [9.17, 15) is 9.59 Å². The van der Waals surface area contributed by atoms with Crippen LogP contribution in [0.4, 0.5) is 10.1 Å². The third-order valence-corrected chi connectivity index (χ3v) is 7.43. The molecular formula is C30H33Br2FN4O3. The Labute approximate surface area is 250 Å². The zero-order valence-electron chi connectivity index (χ0n) is 22.3. The van der Waals surface area contributed by atoms with Crippen molar-refractivity contribution in [3.05, 3.63) is 69.6 Å². The Morgan fingerprint density at radius 3 is 2.10 bits per heavy atom. The number of hydrogen-bond acceptors (Lipinski definition) is 4. The minimum absolute atomic E-state index is 0.00589. The number of carbonyl (C=O) groups excluding carboxylic acids is 2. The van der Waals surface area contributed by atoms with Crippen molar-refractivity contribution < 1.29 is 18.7 Å². The molecule has 0 saturated heterocycles. The molecule has 1 unspecified atom stereocenters. The van der Waals surface area contributed by atoms with Crippen LogP contribution in [-0.2, 0) is 16.1 Å². The van der Waals surface area contributed by atoms with Gasteiger partial charge in [0.05, 0.1) is 6.54 Å². The molecule has 0 fully saturated rings. The quantitative estimate of drug-likeness (QED) is 0.132. The monoisotopic (exact) mass is 674 g/mol. The number of fused-ring (bicyclic) bond motifs is 3. The molecule has 1 heterocycles. The van der Waals surface area contributed by atoms with Crippen molar-refractivity contribution in [3.8, 4) is 5.75 Å². The summed E-state index contributed by atoms with van der Waals surface area (Å²) in [6.07, 6.45) is 1.20. The predicted molar refractivity (Wildman–Crippen MR) is 166 cm³/mol. The SMILES string of the molecule is CCCCC(=O)NCCNC(=O)COc1ccc(NCC(F)Cn2c3ccc(Br)cc3c3cc(Br)ccc32)cc1. The Kier molecular flexibility index (Phi) is 10.8. The molecule has 10 heteroatoms. The Morgan fingerprint density at radius 2 is 1.50 bits per heavy atom. The molecule has 2 amide bonds. The summed E-state index contributed by atoms with van der Waals surface area (Å²) in [6.45, 7) is 2.99. The number of carbonyl (C=O) groups is 2. The van der Waals surface area contributed by atoms with Crippen LogP contribution in [-0.4, -0.2) is 48.8 Å². The highest BCUT2D eigenvalue weighted by Gasteiger charge is 2.16. The minimum atomic E-state index is -1.12. The van der Waals surface area contributed by atoms with Gasteiger partial charge in [-0.25, -0.2) is 4.39 Å². The Hall–Kier alpha value is -3.11. The van der Waals surface area contributed by atoms with Gasteiger partial charge in [0, 0.05) is 62.5 Å². The number of nitrogens with one attached hydrogen (secondary N) is 3. The second kappa shape index (κ2) is 14.5. The normalized spacial score (nSPS) is 11.9. The van der Waals surface area contributed by atoms with Gasteiger partial charge in [0.2, 0.25) is 5.91 Å². The molecule has 40 heavy (non-hydrogen) atoms. The Bertz CT molecular complexity index is 1400. The van der Waals surface area contributed by atoms with Gasteiger partial charge < -0.3 is 25.3 Å². The summed E-state index contributed by atoms with van der Waals surface area (Å²) in [5.41, 5.74) is 2.73. The summed E-state index contributed by atoms with van der Waals surface area (Å²) in [4.78, 5) is 23.6. The fourth-order valence-corrected chi connectivity index (χ4v) is 5.16. The third-order valence-electron chi connectivity index (χ3n) is 6.45. The van der Waals surface area contributed by atoms with Crippen LogP contribution < -0.4 is 20.7 Å². The second-order valence-electron chi connectivity index (χ2n) is 9.53. The largest absolute Gasteiger partial charge is 0.484 e. The summed E-state index contributed by atoms with van der Waals surface area (Å²) in [7, 11) is 0. The van der Waals surface area contributed by atoms with E-state index < -0.39 is 6.17 Å². The van der Waals surface area contributed by atoms with E-state index in [1.807, 2.05) is 35.8 Å². The van der Waals surface area contributed by atoms with E-state index in [2.05, 4.69) is 59.9 Å². The first-order chi connectivity index (χ1) is 19.3.